The number of rotatable bonds is 2. The standard InChI is InChI=1S/C13H17FN4/c1-8-11(10-6-5-9(14)7-15-10)17-18-12(8)16-13(2,3)4/h5-7H,1-4H3,(H2,16,17,18). The van der Waals surface area contributed by atoms with Crippen LogP contribution in [0.3, 0.4) is 0 Å². The minimum Gasteiger partial charge on any atom is -0.364 e. The molecule has 96 valence electrons. The van der Waals surface area contributed by atoms with Crippen molar-refractivity contribution in [3.8, 4) is 11.4 Å². The van der Waals surface area contributed by atoms with Crippen LogP contribution in [0, 0.1) is 12.7 Å². The molecule has 0 aliphatic carbocycles. The lowest BCUT2D eigenvalue weighted by Gasteiger charge is -2.20. The van der Waals surface area contributed by atoms with Gasteiger partial charge in [-0.05, 0) is 39.8 Å². The van der Waals surface area contributed by atoms with E-state index in [1.54, 1.807) is 6.07 Å². The lowest BCUT2D eigenvalue weighted by molar-refractivity contribution is 0.621. The predicted molar refractivity (Wildman–Crippen MR) is 69.9 cm³/mol. The van der Waals surface area contributed by atoms with Crippen LogP contribution in [-0.2, 0) is 0 Å². The predicted octanol–water partition coefficient (Wildman–Crippen LogP) is 3.13. The molecule has 0 aromatic carbocycles. The highest BCUT2D eigenvalue weighted by Crippen LogP contribution is 2.26. The zero-order chi connectivity index (χ0) is 13.3. The summed E-state index contributed by atoms with van der Waals surface area (Å²) in [5.41, 5.74) is 2.40. The summed E-state index contributed by atoms with van der Waals surface area (Å²) in [7, 11) is 0. The molecule has 2 heterocycles. The molecule has 0 spiro atoms. The number of pyridine rings is 1. The van der Waals surface area contributed by atoms with Crippen molar-refractivity contribution >= 4 is 5.82 Å². The highest BCUT2D eigenvalue weighted by Gasteiger charge is 2.16. The Hall–Kier alpha value is -1.91. The van der Waals surface area contributed by atoms with E-state index in [2.05, 4.69) is 41.3 Å². The summed E-state index contributed by atoms with van der Waals surface area (Å²) in [4.78, 5) is 4.05. The van der Waals surface area contributed by atoms with Crippen molar-refractivity contribution in [2.75, 3.05) is 5.32 Å². The third-order valence-electron chi connectivity index (χ3n) is 2.49. The van der Waals surface area contributed by atoms with E-state index in [4.69, 9.17) is 0 Å². The average molecular weight is 248 g/mol. The molecular formula is C13H17FN4. The molecule has 0 radical (unpaired) electrons. The van der Waals surface area contributed by atoms with Gasteiger partial charge < -0.3 is 5.32 Å². The van der Waals surface area contributed by atoms with Crippen LogP contribution in [-0.4, -0.2) is 20.7 Å². The first kappa shape index (κ1) is 12.5. The topological polar surface area (TPSA) is 53.6 Å². The van der Waals surface area contributed by atoms with Crippen LogP contribution in [0.5, 0.6) is 0 Å². The third kappa shape index (κ3) is 2.67. The number of aromatic amines is 1. The van der Waals surface area contributed by atoms with E-state index < -0.39 is 0 Å². The summed E-state index contributed by atoms with van der Waals surface area (Å²) in [5.74, 6) is 0.451. The highest BCUT2D eigenvalue weighted by atomic mass is 19.1. The molecule has 2 rings (SSSR count). The van der Waals surface area contributed by atoms with Crippen LogP contribution in [0.1, 0.15) is 26.3 Å². The fraction of sp³-hybridized carbons (Fsp3) is 0.385. The molecule has 0 aliphatic heterocycles. The fourth-order valence-electron chi connectivity index (χ4n) is 1.65. The zero-order valence-corrected chi connectivity index (χ0v) is 11.0. The summed E-state index contributed by atoms with van der Waals surface area (Å²) in [6.07, 6.45) is 1.20. The Bertz CT molecular complexity index is 537. The summed E-state index contributed by atoms with van der Waals surface area (Å²) < 4.78 is 12.8. The van der Waals surface area contributed by atoms with Crippen LogP contribution in [0.4, 0.5) is 10.2 Å². The molecule has 0 unspecified atom stereocenters. The van der Waals surface area contributed by atoms with Crippen molar-refractivity contribution in [1.29, 1.82) is 0 Å². The van der Waals surface area contributed by atoms with Gasteiger partial charge in [-0.15, -0.1) is 0 Å². The summed E-state index contributed by atoms with van der Waals surface area (Å²) >= 11 is 0. The molecule has 0 fully saturated rings. The van der Waals surface area contributed by atoms with Crippen molar-refractivity contribution in [2.45, 2.75) is 33.2 Å². The van der Waals surface area contributed by atoms with Crippen molar-refractivity contribution < 1.29 is 4.39 Å². The van der Waals surface area contributed by atoms with Gasteiger partial charge in [0.1, 0.15) is 5.82 Å². The van der Waals surface area contributed by atoms with Gasteiger partial charge in [-0.1, -0.05) is 0 Å². The lowest BCUT2D eigenvalue weighted by atomic mass is 10.1. The van der Waals surface area contributed by atoms with E-state index in [0.29, 0.717) is 5.69 Å². The number of hydrogen-bond acceptors (Lipinski definition) is 3. The average Bonchev–Trinajstić information content (AvgIpc) is 2.60. The number of hydrogen-bond donors (Lipinski definition) is 2. The molecule has 5 heteroatoms. The molecule has 2 aromatic heterocycles. The highest BCUT2D eigenvalue weighted by molar-refractivity contribution is 5.65. The van der Waals surface area contributed by atoms with E-state index in [1.807, 2.05) is 6.92 Å². The van der Waals surface area contributed by atoms with Gasteiger partial charge in [0.25, 0.3) is 0 Å². The first-order valence-electron chi connectivity index (χ1n) is 5.82. The van der Waals surface area contributed by atoms with Gasteiger partial charge in [-0.3, -0.25) is 10.1 Å². The molecule has 2 aromatic rings. The minimum absolute atomic E-state index is 0.0621. The maximum atomic E-state index is 12.8. The first-order chi connectivity index (χ1) is 8.37. The molecule has 0 amide bonds. The molecule has 4 nitrogen and oxygen atoms in total. The van der Waals surface area contributed by atoms with Gasteiger partial charge >= 0.3 is 0 Å². The molecule has 2 N–H and O–H groups in total. The van der Waals surface area contributed by atoms with E-state index in [0.717, 1.165) is 17.1 Å². The molecule has 0 bridgehead atoms. The maximum Gasteiger partial charge on any atom is 0.151 e. The largest absolute Gasteiger partial charge is 0.364 e. The zero-order valence-electron chi connectivity index (χ0n) is 11.0. The van der Waals surface area contributed by atoms with Gasteiger partial charge in [-0.25, -0.2) is 4.39 Å². The molecule has 0 saturated carbocycles. The Kier molecular flexibility index (Phi) is 3.07. The van der Waals surface area contributed by atoms with Crippen LogP contribution in [0.25, 0.3) is 11.4 Å². The summed E-state index contributed by atoms with van der Waals surface area (Å²) in [5, 5.41) is 10.5. The van der Waals surface area contributed by atoms with E-state index in [1.165, 1.54) is 12.3 Å². The maximum absolute atomic E-state index is 12.8. The second-order valence-corrected chi connectivity index (χ2v) is 5.31. The van der Waals surface area contributed by atoms with Crippen molar-refractivity contribution in [3.63, 3.8) is 0 Å². The van der Waals surface area contributed by atoms with Gasteiger partial charge in [0.2, 0.25) is 0 Å². The Labute approximate surface area is 106 Å². The van der Waals surface area contributed by atoms with E-state index in [9.17, 15) is 4.39 Å². The second-order valence-electron chi connectivity index (χ2n) is 5.31. The summed E-state index contributed by atoms with van der Waals surface area (Å²) in [6.45, 7) is 8.16. The number of halogens is 1. The Morgan fingerprint density at radius 2 is 2.00 bits per heavy atom. The molecule has 0 atom stereocenters. The fourth-order valence-corrected chi connectivity index (χ4v) is 1.65. The van der Waals surface area contributed by atoms with Gasteiger partial charge in [0, 0.05) is 11.1 Å². The Morgan fingerprint density at radius 1 is 1.28 bits per heavy atom. The Balaban J connectivity index is 2.33. The second kappa shape index (κ2) is 4.40. The SMILES string of the molecule is Cc1c(NC(C)(C)C)n[nH]c1-c1ccc(F)cn1. The van der Waals surface area contributed by atoms with Gasteiger partial charge in [-0.2, -0.15) is 5.10 Å². The van der Waals surface area contributed by atoms with Crippen LogP contribution < -0.4 is 5.32 Å². The molecule has 0 saturated heterocycles. The van der Waals surface area contributed by atoms with Crippen LogP contribution in [0.2, 0.25) is 0 Å². The first-order valence-corrected chi connectivity index (χ1v) is 5.82. The Morgan fingerprint density at radius 3 is 2.56 bits per heavy atom. The molecule has 0 aliphatic rings. The van der Waals surface area contributed by atoms with Crippen LogP contribution in [0.15, 0.2) is 18.3 Å². The monoisotopic (exact) mass is 248 g/mol. The van der Waals surface area contributed by atoms with Crippen LogP contribution >= 0.6 is 0 Å². The summed E-state index contributed by atoms with van der Waals surface area (Å²) in [6, 6.07) is 3.02. The van der Waals surface area contributed by atoms with Gasteiger partial charge in [0.05, 0.1) is 17.6 Å². The number of nitrogens with zero attached hydrogens (tertiary/aromatic N) is 2. The number of H-pyrrole nitrogens is 1. The third-order valence-corrected chi connectivity index (χ3v) is 2.49. The minimum atomic E-state index is -0.344. The molecule has 18 heavy (non-hydrogen) atoms. The number of nitrogens with one attached hydrogen (secondary N) is 2. The smallest absolute Gasteiger partial charge is 0.151 e. The van der Waals surface area contributed by atoms with Crippen molar-refractivity contribution in [3.05, 3.63) is 29.7 Å². The van der Waals surface area contributed by atoms with E-state index in [-0.39, 0.29) is 11.4 Å². The normalized spacial score (nSPS) is 11.6. The van der Waals surface area contributed by atoms with E-state index >= 15 is 0 Å². The number of anilines is 1. The van der Waals surface area contributed by atoms with Crippen molar-refractivity contribution in [1.82, 2.24) is 15.2 Å². The van der Waals surface area contributed by atoms with Crippen molar-refractivity contribution in [2.24, 2.45) is 0 Å². The lowest BCUT2D eigenvalue weighted by Crippen LogP contribution is -2.26. The van der Waals surface area contributed by atoms with Gasteiger partial charge in [0.15, 0.2) is 5.82 Å². The number of aromatic nitrogens is 3. The molecular weight excluding hydrogens is 231 g/mol. The quantitative estimate of drug-likeness (QED) is 0.858.